The predicted octanol–water partition coefficient (Wildman–Crippen LogP) is 4.84. The van der Waals surface area contributed by atoms with Gasteiger partial charge in [-0.1, -0.05) is 23.7 Å². The van der Waals surface area contributed by atoms with Gasteiger partial charge in [0.1, 0.15) is 5.60 Å². The zero-order valence-corrected chi connectivity index (χ0v) is 14.7. The summed E-state index contributed by atoms with van der Waals surface area (Å²) in [7, 11) is 0. The number of benzene rings is 1. The Morgan fingerprint density at radius 1 is 1.32 bits per heavy atom. The SMILES string of the molecule is Cc1cc(CC2CCN(C(=O)OC(C)(C)C)CC2)ccc1Cl. The number of piperidine rings is 1. The van der Waals surface area contributed by atoms with E-state index in [9.17, 15) is 4.79 Å². The van der Waals surface area contributed by atoms with Gasteiger partial charge in [-0.05, 0) is 70.1 Å². The van der Waals surface area contributed by atoms with Crippen LogP contribution in [0.3, 0.4) is 0 Å². The standard InChI is InChI=1S/C18H26ClNO2/c1-13-11-15(5-6-16(13)19)12-14-7-9-20(10-8-14)17(21)22-18(2,3)4/h5-6,11,14H,7-10,12H2,1-4H3. The maximum atomic E-state index is 12.0. The van der Waals surface area contributed by atoms with Crippen LogP contribution in [0.5, 0.6) is 0 Å². The number of rotatable bonds is 2. The minimum atomic E-state index is -0.422. The van der Waals surface area contributed by atoms with Gasteiger partial charge < -0.3 is 9.64 Å². The number of nitrogens with zero attached hydrogens (tertiary/aromatic N) is 1. The molecule has 1 aromatic rings. The first kappa shape index (κ1) is 17.1. The lowest BCUT2D eigenvalue weighted by Gasteiger charge is -2.33. The number of hydrogen-bond acceptors (Lipinski definition) is 2. The van der Waals surface area contributed by atoms with Crippen molar-refractivity contribution in [2.75, 3.05) is 13.1 Å². The molecular weight excluding hydrogens is 298 g/mol. The van der Waals surface area contributed by atoms with Crippen LogP contribution in [-0.4, -0.2) is 29.7 Å². The lowest BCUT2D eigenvalue weighted by atomic mass is 9.90. The van der Waals surface area contributed by atoms with Gasteiger partial charge in [0.25, 0.3) is 0 Å². The minimum Gasteiger partial charge on any atom is -0.444 e. The van der Waals surface area contributed by atoms with Crippen molar-refractivity contribution in [1.29, 1.82) is 0 Å². The van der Waals surface area contributed by atoms with Crippen molar-refractivity contribution in [2.45, 2.75) is 52.6 Å². The molecule has 0 atom stereocenters. The van der Waals surface area contributed by atoms with Crippen LogP contribution in [0.25, 0.3) is 0 Å². The van der Waals surface area contributed by atoms with Crippen LogP contribution >= 0.6 is 11.6 Å². The van der Waals surface area contributed by atoms with Gasteiger partial charge in [-0.25, -0.2) is 4.79 Å². The molecule has 0 radical (unpaired) electrons. The van der Waals surface area contributed by atoms with Gasteiger partial charge in [0.05, 0.1) is 0 Å². The molecule has 0 aromatic heterocycles. The van der Waals surface area contributed by atoms with E-state index in [0.717, 1.165) is 42.9 Å². The Balaban J connectivity index is 1.84. The van der Waals surface area contributed by atoms with Crippen LogP contribution in [0.4, 0.5) is 4.79 Å². The van der Waals surface area contributed by atoms with Crippen LogP contribution in [0.15, 0.2) is 18.2 Å². The predicted molar refractivity (Wildman–Crippen MR) is 90.4 cm³/mol. The van der Waals surface area contributed by atoms with E-state index in [1.54, 1.807) is 0 Å². The number of carbonyl (C=O) groups is 1. The highest BCUT2D eigenvalue weighted by molar-refractivity contribution is 6.31. The molecule has 22 heavy (non-hydrogen) atoms. The first-order chi connectivity index (χ1) is 10.2. The van der Waals surface area contributed by atoms with Gasteiger partial charge in [-0.3, -0.25) is 0 Å². The fourth-order valence-electron chi connectivity index (χ4n) is 2.81. The summed E-state index contributed by atoms with van der Waals surface area (Å²) in [6.45, 7) is 9.32. The van der Waals surface area contributed by atoms with Crippen LogP contribution in [0.1, 0.15) is 44.7 Å². The molecule has 0 unspecified atom stereocenters. The van der Waals surface area contributed by atoms with E-state index < -0.39 is 5.60 Å². The second-order valence-electron chi connectivity index (χ2n) is 7.20. The highest BCUT2D eigenvalue weighted by Crippen LogP contribution is 2.25. The van der Waals surface area contributed by atoms with Crippen molar-refractivity contribution in [2.24, 2.45) is 5.92 Å². The van der Waals surface area contributed by atoms with Crippen LogP contribution in [0, 0.1) is 12.8 Å². The van der Waals surface area contributed by atoms with Crippen LogP contribution in [-0.2, 0) is 11.2 Å². The van der Waals surface area contributed by atoms with E-state index in [1.807, 2.05) is 38.7 Å². The average Bonchev–Trinajstić information content (AvgIpc) is 2.42. The number of ether oxygens (including phenoxy) is 1. The van der Waals surface area contributed by atoms with E-state index >= 15 is 0 Å². The molecule has 0 saturated carbocycles. The first-order valence-electron chi connectivity index (χ1n) is 7.97. The molecule has 3 nitrogen and oxygen atoms in total. The number of carbonyl (C=O) groups excluding carboxylic acids is 1. The van der Waals surface area contributed by atoms with E-state index in [4.69, 9.17) is 16.3 Å². The summed E-state index contributed by atoms with van der Waals surface area (Å²) in [6.07, 6.45) is 2.93. The molecule has 0 spiro atoms. The Kier molecular flexibility index (Phi) is 5.38. The van der Waals surface area contributed by atoms with Crippen molar-refractivity contribution in [1.82, 2.24) is 4.90 Å². The smallest absolute Gasteiger partial charge is 0.410 e. The van der Waals surface area contributed by atoms with Crippen LogP contribution < -0.4 is 0 Å². The molecule has 2 rings (SSSR count). The fourth-order valence-corrected chi connectivity index (χ4v) is 2.93. The molecule has 1 fully saturated rings. The molecule has 0 N–H and O–H groups in total. The van der Waals surface area contributed by atoms with Crippen molar-refractivity contribution in [3.05, 3.63) is 34.3 Å². The Bertz CT molecular complexity index is 528. The molecule has 1 aliphatic rings. The zero-order chi connectivity index (χ0) is 16.3. The maximum absolute atomic E-state index is 12.0. The largest absolute Gasteiger partial charge is 0.444 e. The summed E-state index contributed by atoms with van der Waals surface area (Å²) >= 11 is 6.07. The molecule has 1 aromatic carbocycles. The van der Waals surface area contributed by atoms with E-state index in [2.05, 4.69) is 12.1 Å². The lowest BCUT2D eigenvalue weighted by Crippen LogP contribution is -2.42. The summed E-state index contributed by atoms with van der Waals surface area (Å²) in [5, 5.41) is 0.823. The molecule has 1 aliphatic heterocycles. The van der Waals surface area contributed by atoms with Crippen molar-refractivity contribution >= 4 is 17.7 Å². The summed E-state index contributed by atoms with van der Waals surface area (Å²) in [4.78, 5) is 13.9. The molecule has 0 bridgehead atoms. The Morgan fingerprint density at radius 2 is 1.95 bits per heavy atom. The van der Waals surface area contributed by atoms with Crippen LogP contribution in [0.2, 0.25) is 5.02 Å². The summed E-state index contributed by atoms with van der Waals surface area (Å²) < 4.78 is 5.43. The quantitative estimate of drug-likeness (QED) is 0.779. The molecule has 4 heteroatoms. The van der Waals surface area contributed by atoms with E-state index in [1.165, 1.54) is 5.56 Å². The number of hydrogen-bond donors (Lipinski definition) is 0. The maximum Gasteiger partial charge on any atom is 0.410 e. The van der Waals surface area contributed by atoms with E-state index in [0.29, 0.717) is 5.92 Å². The van der Waals surface area contributed by atoms with Gasteiger partial charge in [-0.15, -0.1) is 0 Å². The monoisotopic (exact) mass is 323 g/mol. The lowest BCUT2D eigenvalue weighted by molar-refractivity contribution is 0.0184. The molecular formula is C18H26ClNO2. The molecule has 0 aliphatic carbocycles. The third-order valence-corrected chi connectivity index (χ3v) is 4.44. The second kappa shape index (κ2) is 6.91. The number of amides is 1. The minimum absolute atomic E-state index is 0.187. The Labute approximate surface area is 138 Å². The fraction of sp³-hybridized carbons (Fsp3) is 0.611. The zero-order valence-electron chi connectivity index (χ0n) is 14.0. The van der Waals surface area contributed by atoms with Crippen molar-refractivity contribution in [3.8, 4) is 0 Å². The number of halogens is 1. The van der Waals surface area contributed by atoms with Gasteiger partial charge in [0, 0.05) is 18.1 Å². The number of aryl methyl sites for hydroxylation is 1. The molecule has 1 amide bonds. The van der Waals surface area contributed by atoms with Gasteiger partial charge in [-0.2, -0.15) is 0 Å². The number of likely N-dealkylation sites (tertiary alicyclic amines) is 1. The van der Waals surface area contributed by atoms with Gasteiger partial charge in [0.2, 0.25) is 0 Å². The summed E-state index contributed by atoms with van der Waals surface area (Å²) in [6, 6.07) is 6.25. The third kappa shape index (κ3) is 4.91. The Hall–Kier alpha value is -1.22. The summed E-state index contributed by atoms with van der Waals surface area (Å²) in [5.74, 6) is 0.624. The summed E-state index contributed by atoms with van der Waals surface area (Å²) in [5.41, 5.74) is 2.04. The molecule has 1 saturated heterocycles. The third-order valence-electron chi connectivity index (χ3n) is 4.01. The molecule has 122 valence electrons. The van der Waals surface area contributed by atoms with Crippen molar-refractivity contribution in [3.63, 3.8) is 0 Å². The topological polar surface area (TPSA) is 29.5 Å². The van der Waals surface area contributed by atoms with Crippen molar-refractivity contribution < 1.29 is 9.53 Å². The highest BCUT2D eigenvalue weighted by Gasteiger charge is 2.26. The highest BCUT2D eigenvalue weighted by atomic mass is 35.5. The first-order valence-corrected chi connectivity index (χ1v) is 8.35. The van der Waals surface area contributed by atoms with E-state index in [-0.39, 0.29) is 6.09 Å². The Morgan fingerprint density at radius 3 is 2.50 bits per heavy atom. The second-order valence-corrected chi connectivity index (χ2v) is 7.61. The van der Waals surface area contributed by atoms with Gasteiger partial charge in [0.15, 0.2) is 0 Å². The molecule has 1 heterocycles. The average molecular weight is 324 g/mol. The normalized spacial score (nSPS) is 16.7. The van der Waals surface area contributed by atoms with Gasteiger partial charge >= 0.3 is 6.09 Å².